The monoisotopic (exact) mass is 365 g/mol. The maximum absolute atomic E-state index is 12.5. The number of halogens is 1. The second-order valence-electron chi connectivity index (χ2n) is 5.32. The highest BCUT2D eigenvalue weighted by Gasteiger charge is 2.16. The zero-order valence-electron chi connectivity index (χ0n) is 13.3. The van der Waals surface area contributed by atoms with Crippen molar-refractivity contribution in [1.82, 2.24) is 5.16 Å². The third-order valence-electron chi connectivity index (χ3n) is 3.67. The number of carbonyl (C=O) groups excluding carboxylic acids is 1. The minimum atomic E-state index is -0.473. The Morgan fingerprint density at radius 1 is 1.31 bits per heavy atom. The average molecular weight is 366 g/mol. The summed E-state index contributed by atoms with van der Waals surface area (Å²) in [6.07, 6.45) is 2.74. The third-order valence-corrected chi connectivity index (χ3v) is 4.07. The summed E-state index contributed by atoms with van der Waals surface area (Å²) < 4.78 is 4.74. The smallest absolute Gasteiger partial charge is 0.257 e. The van der Waals surface area contributed by atoms with Gasteiger partial charge in [-0.15, -0.1) is 0 Å². The van der Waals surface area contributed by atoms with E-state index in [2.05, 4.69) is 10.5 Å². The molecule has 0 atom stereocenters. The van der Waals surface area contributed by atoms with Crippen LogP contribution in [-0.2, 0) is 0 Å². The Balaban J connectivity index is 1.90. The van der Waals surface area contributed by atoms with Gasteiger partial charge in [-0.25, -0.2) is 0 Å². The Labute approximate surface area is 153 Å². The summed E-state index contributed by atoms with van der Waals surface area (Å²) in [4.78, 5) is 12.5. The van der Waals surface area contributed by atoms with Crippen LogP contribution in [0.4, 0.5) is 11.4 Å². The van der Waals surface area contributed by atoms with Gasteiger partial charge in [0.1, 0.15) is 12.3 Å². The molecule has 0 aliphatic rings. The van der Waals surface area contributed by atoms with Crippen molar-refractivity contribution < 1.29 is 9.32 Å². The van der Waals surface area contributed by atoms with Crippen molar-refractivity contribution in [3.63, 3.8) is 0 Å². The predicted octanol–water partition coefficient (Wildman–Crippen LogP) is 3.45. The van der Waals surface area contributed by atoms with Crippen LogP contribution < -0.4 is 11.1 Å². The van der Waals surface area contributed by atoms with Gasteiger partial charge in [0, 0.05) is 16.9 Å². The summed E-state index contributed by atoms with van der Waals surface area (Å²) in [5.74, 6) is -0.473. The first-order valence-corrected chi connectivity index (χ1v) is 7.77. The molecule has 3 aromatic rings. The van der Waals surface area contributed by atoms with E-state index in [0.717, 1.165) is 0 Å². The number of nitrogen functional groups attached to an aromatic ring is 1. The van der Waals surface area contributed by atoms with Gasteiger partial charge in [0.15, 0.2) is 0 Å². The van der Waals surface area contributed by atoms with Crippen LogP contribution >= 0.6 is 11.6 Å². The maximum Gasteiger partial charge on any atom is 0.257 e. The summed E-state index contributed by atoms with van der Waals surface area (Å²) in [6, 6.07) is 11.3. The van der Waals surface area contributed by atoms with Crippen LogP contribution in [0.3, 0.4) is 0 Å². The van der Waals surface area contributed by atoms with E-state index in [1.807, 2.05) is 6.07 Å². The van der Waals surface area contributed by atoms with Crippen LogP contribution in [0, 0.1) is 16.7 Å². The second-order valence-corrected chi connectivity index (χ2v) is 5.70. The van der Waals surface area contributed by atoms with Gasteiger partial charge in [-0.3, -0.25) is 10.2 Å². The van der Waals surface area contributed by atoms with Gasteiger partial charge in [-0.1, -0.05) is 22.8 Å². The van der Waals surface area contributed by atoms with E-state index >= 15 is 0 Å². The molecule has 0 saturated heterocycles. The minimum absolute atomic E-state index is 0.0837. The van der Waals surface area contributed by atoms with E-state index < -0.39 is 5.91 Å². The standard InChI is InChI=1S/C18H12ClN5O2/c19-16-10(7-20)2-1-3-13(16)18(25)24-12-4-5-15(21)14(6-12)17(22)11-8-23-26-9-11/h1-6,8-9,22H,21H2,(H,24,25). The number of nitrogens with zero attached hydrogens (tertiary/aromatic N) is 2. The van der Waals surface area contributed by atoms with Crippen molar-refractivity contribution >= 4 is 34.6 Å². The first kappa shape index (κ1) is 17.2. The fourth-order valence-corrected chi connectivity index (χ4v) is 2.58. The van der Waals surface area contributed by atoms with Crippen molar-refractivity contribution in [2.24, 2.45) is 0 Å². The van der Waals surface area contributed by atoms with Gasteiger partial charge >= 0.3 is 0 Å². The first-order valence-electron chi connectivity index (χ1n) is 7.39. The van der Waals surface area contributed by atoms with E-state index in [4.69, 9.17) is 32.5 Å². The molecule has 0 aliphatic heterocycles. The fourth-order valence-electron chi connectivity index (χ4n) is 2.33. The SMILES string of the molecule is N#Cc1cccc(C(=O)Nc2ccc(N)c(C(=N)c3cnoc3)c2)c1Cl. The number of nitrogens with two attached hydrogens (primary N) is 1. The topological polar surface area (TPSA) is 129 Å². The Hall–Kier alpha value is -3.63. The lowest BCUT2D eigenvalue weighted by atomic mass is 10.0. The number of nitriles is 1. The molecule has 0 aliphatic carbocycles. The quantitative estimate of drug-likeness (QED) is 0.481. The number of nitrogens with one attached hydrogen (secondary N) is 2. The number of hydrogen-bond acceptors (Lipinski definition) is 6. The van der Waals surface area contributed by atoms with Crippen LogP contribution in [0.5, 0.6) is 0 Å². The maximum atomic E-state index is 12.5. The molecular weight excluding hydrogens is 354 g/mol. The summed E-state index contributed by atoms with van der Waals surface area (Å²) in [5.41, 5.74) is 8.13. The third kappa shape index (κ3) is 3.27. The highest BCUT2D eigenvalue weighted by molar-refractivity contribution is 6.35. The highest BCUT2D eigenvalue weighted by Crippen LogP contribution is 2.24. The van der Waals surface area contributed by atoms with Gasteiger partial charge in [-0.2, -0.15) is 5.26 Å². The molecule has 26 heavy (non-hydrogen) atoms. The van der Waals surface area contributed by atoms with E-state index in [1.165, 1.54) is 24.6 Å². The van der Waals surface area contributed by atoms with Crippen molar-refractivity contribution in [2.75, 3.05) is 11.1 Å². The number of amides is 1. The van der Waals surface area contributed by atoms with E-state index in [0.29, 0.717) is 22.5 Å². The molecule has 128 valence electrons. The molecule has 0 bridgehead atoms. The molecule has 8 heteroatoms. The van der Waals surface area contributed by atoms with Gasteiger partial charge in [0.2, 0.25) is 0 Å². The molecule has 0 saturated carbocycles. The van der Waals surface area contributed by atoms with E-state index in [-0.39, 0.29) is 21.9 Å². The summed E-state index contributed by atoms with van der Waals surface area (Å²) >= 11 is 6.09. The average Bonchev–Trinajstić information content (AvgIpc) is 3.17. The molecule has 7 nitrogen and oxygen atoms in total. The summed E-state index contributed by atoms with van der Waals surface area (Å²) in [7, 11) is 0. The molecule has 1 amide bonds. The zero-order chi connectivity index (χ0) is 18.7. The lowest BCUT2D eigenvalue weighted by Crippen LogP contribution is -2.14. The van der Waals surface area contributed by atoms with Crippen LogP contribution in [0.1, 0.15) is 27.0 Å². The number of aromatic nitrogens is 1. The Morgan fingerprint density at radius 2 is 2.12 bits per heavy atom. The molecule has 0 spiro atoms. The van der Waals surface area contributed by atoms with Crippen molar-refractivity contribution in [2.45, 2.75) is 0 Å². The first-order chi connectivity index (χ1) is 12.5. The summed E-state index contributed by atoms with van der Waals surface area (Å²) in [5, 5.41) is 23.6. The normalized spacial score (nSPS) is 10.2. The van der Waals surface area contributed by atoms with Gasteiger partial charge in [0.25, 0.3) is 5.91 Å². The minimum Gasteiger partial charge on any atom is -0.398 e. The molecule has 4 N–H and O–H groups in total. The number of benzene rings is 2. The fraction of sp³-hybridized carbons (Fsp3) is 0. The number of hydrogen-bond donors (Lipinski definition) is 3. The number of anilines is 2. The van der Waals surface area contributed by atoms with Gasteiger partial charge < -0.3 is 15.6 Å². The highest BCUT2D eigenvalue weighted by atomic mass is 35.5. The van der Waals surface area contributed by atoms with Gasteiger partial charge in [-0.05, 0) is 30.3 Å². The second kappa shape index (κ2) is 7.09. The van der Waals surface area contributed by atoms with E-state index in [9.17, 15) is 4.79 Å². The molecular formula is C18H12ClN5O2. The molecule has 1 aromatic heterocycles. The van der Waals surface area contributed by atoms with Crippen LogP contribution in [0.15, 0.2) is 53.4 Å². The largest absolute Gasteiger partial charge is 0.398 e. The lowest BCUT2D eigenvalue weighted by molar-refractivity contribution is 0.102. The summed E-state index contributed by atoms with van der Waals surface area (Å²) in [6.45, 7) is 0. The molecule has 1 heterocycles. The van der Waals surface area contributed by atoms with Crippen molar-refractivity contribution in [3.8, 4) is 6.07 Å². The predicted molar refractivity (Wildman–Crippen MR) is 97.4 cm³/mol. The van der Waals surface area contributed by atoms with E-state index in [1.54, 1.807) is 24.3 Å². The molecule has 0 fully saturated rings. The van der Waals surface area contributed by atoms with Crippen molar-refractivity contribution in [3.05, 3.63) is 76.1 Å². The Bertz CT molecular complexity index is 1040. The van der Waals surface area contributed by atoms with Crippen LogP contribution in [-0.4, -0.2) is 16.8 Å². The molecule has 0 radical (unpaired) electrons. The lowest BCUT2D eigenvalue weighted by Gasteiger charge is -2.11. The van der Waals surface area contributed by atoms with Crippen LogP contribution in [0.2, 0.25) is 5.02 Å². The van der Waals surface area contributed by atoms with Crippen LogP contribution in [0.25, 0.3) is 0 Å². The number of rotatable bonds is 4. The van der Waals surface area contributed by atoms with Gasteiger partial charge in [0.05, 0.1) is 33.6 Å². The Kier molecular flexibility index (Phi) is 4.69. The van der Waals surface area contributed by atoms with Crippen molar-refractivity contribution in [1.29, 1.82) is 10.7 Å². The molecule has 0 unspecified atom stereocenters. The molecule has 2 aromatic carbocycles. The zero-order valence-corrected chi connectivity index (χ0v) is 14.0. The Morgan fingerprint density at radius 3 is 2.81 bits per heavy atom. The molecule has 3 rings (SSSR count). The number of carbonyl (C=O) groups is 1.